The summed E-state index contributed by atoms with van der Waals surface area (Å²) in [6.45, 7) is 11.6. The second-order valence-electron chi connectivity index (χ2n) is 9.28. The molecule has 5 nitrogen and oxygen atoms in total. The van der Waals surface area contributed by atoms with E-state index in [0.717, 1.165) is 23.1 Å². The van der Waals surface area contributed by atoms with E-state index in [4.69, 9.17) is 0 Å². The zero-order chi connectivity index (χ0) is 20.1. The van der Waals surface area contributed by atoms with Crippen molar-refractivity contribution in [3.63, 3.8) is 0 Å². The maximum Gasteiger partial charge on any atom is 0.354 e. The monoisotopic (exact) mass is 447 g/mol. The Balaban J connectivity index is 1.68. The molecule has 27 heavy (non-hydrogen) atoms. The largest absolute Gasteiger partial charge is 0.477 e. The number of aliphatic carboxylic acids is 1. The van der Waals surface area contributed by atoms with E-state index in [-0.39, 0.29) is 33.2 Å². The van der Waals surface area contributed by atoms with Crippen LogP contribution in [0.5, 0.6) is 0 Å². The van der Waals surface area contributed by atoms with E-state index in [1.807, 2.05) is 0 Å². The molecule has 1 amide bonds. The van der Waals surface area contributed by atoms with Gasteiger partial charge in [0.15, 0.2) is 5.70 Å². The van der Waals surface area contributed by atoms with Gasteiger partial charge in [-0.15, -0.1) is 11.8 Å². The molecule has 0 bridgehead atoms. The van der Waals surface area contributed by atoms with Crippen LogP contribution in [0.25, 0.3) is 0 Å². The van der Waals surface area contributed by atoms with Crippen molar-refractivity contribution < 1.29 is 18.9 Å². The summed E-state index contributed by atoms with van der Waals surface area (Å²) in [4.78, 5) is 26.0. The number of carboxylic acids is 1. The van der Waals surface area contributed by atoms with Gasteiger partial charge in [-0.1, -0.05) is 51.7 Å². The van der Waals surface area contributed by atoms with Crippen LogP contribution >= 0.6 is 23.5 Å². The fraction of sp³-hybridized carbons (Fsp3) is 0.778. The Bertz CT molecular complexity index is 716. The number of carbonyl (C=O) groups excluding carboxylic acids is 1. The summed E-state index contributed by atoms with van der Waals surface area (Å²) >= 11 is 3.06. The fourth-order valence-electron chi connectivity index (χ4n) is 3.47. The molecule has 1 N–H and O–H groups in total. The molecule has 0 aromatic carbocycles. The normalized spacial score (nSPS) is 31.3. The minimum Gasteiger partial charge on any atom is -0.477 e. The van der Waals surface area contributed by atoms with E-state index in [2.05, 4.69) is 33.9 Å². The zero-order valence-electron chi connectivity index (χ0n) is 16.6. The third-order valence-electron chi connectivity index (χ3n) is 6.44. The van der Waals surface area contributed by atoms with E-state index >= 15 is 0 Å². The van der Waals surface area contributed by atoms with Gasteiger partial charge in [-0.05, 0) is 17.9 Å². The van der Waals surface area contributed by atoms with E-state index in [1.165, 1.54) is 28.4 Å². The molecule has 3 heterocycles. The number of rotatable bonds is 6. The second kappa shape index (κ2) is 7.53. The van der Waals surface area contributed by atoms with Gasteiger partial charge in [-0.2, -0.15) is 0 Å². The van der Waals surface area contributed by atoms with Crippen molar-refractivity contribution in [3.05, 3.63) is 9.93 Å². The molecule has 3 rings (SSSR count). The van der Waals surface area contributed by atoms with Crippen molar-refractivity contribution in [2.24, 2.45) is 5.92 Å². The third kappa shape index (κ3) is 4.07. The Kier molecular flexibility index (Phi) is 5.99. The van der Waals surface area contributed by atoms with Crippen LogP contribution in [-0.2, 0) is 20.4 Å². The molecule has 3 aliphatic heterocycles. The van der Waals surface area contributed by atoms with Gasteiger partial charge < -0.3 is 5.11 Å². The van der Waals surface area contributed by atoms with Crippen LogP contribution in [0.2, 0.25) is 24.2 Å². The number of hydrogen-bond acceptors (Lipinski definition) is 5. The van der Waals surface area contributed by atoms with Crippen LogP contribution in [0.15, 0.2) is 9.93 Å². The lowest BCUT2D eigenvalue weighted by Crippen LogP contribution is -2.57. The molecule has 0 aliphatic carbocycles. The Morgan fingerprint density at radius 1 is 1.41 bits per heavy atom. The Hall–Kier alpha value is -0.253. The molecule has 2 saturated heterocycles. The first kappa shape index (κ1) is 21.5. The minimum absolute atomic E-state index is 0.0331. The highest BCUT2D eigenvalue weighted by Gasteiger charge is 2.56. The highest BCUT2D eigenvalue weighted by molar-refractivity contribution is 8.23. The predicted molar refractivity (Wildman–Crippen MR) is 117 cm³/mol. The van der Waals surface area contributed by atoms with Crippen LogP contribution in [0, 0.1) is 5.92 Å². The molecular formula is C18H29NO4S3Si. The number of carbonyl (C=O) groups is 2. The van der Waals surface area contributed by atoms with Crippen LogP contribution in [0.4, 0.5) is 0 Å². The lowest BCUT2D eigenvalue weighted by Gasteiger charge is -2.44. The average molecular weight is 448 g/mol. The number of nitrogens with zero attached hydrogens (tertiary/aromatic N) is 1. The topological polar surface area (TPSA) is 74.7 Å². The molecule has 9 heteroatoms. The molecule has 0 aromatic heterocycles. The number of amides is 1. The smallest absolute Gasteiger partial charge is 0.354 e. The van der Waals surface area contributed by atoms with Gasteiger partial charge in [0.25, 0.3) is 0 Å². The van der Waals surface area contributed by atoms with Crippen molar-refractivity contribution in [2.45, 2.75) is 68.4 Å². The Labute approximate surface area is 173 Å². The molecule has 0 unspecified atom stereocenters. The fourth-order valence-corrected chi connectivity index (χ4v) is 10.4. The second-order valence-corrected chi connectivity index (χ2v) is 19.4. The summed E-state index contributed by atoms with van der Waals surface area (Å²) < 4.78 is 12.4. The molecule has 0 spiro atoms. The van der Waals surface area contributed by atoms with Crippen LogP contribution in [0.3, 0.4) is 0 Å². The van der Waals surface area contributed by atoms with E-state index in [0.29, 0.717) is 11.5 Å². The van der Waals surface area contributed by atoms with E-state index in [9.17, 15) is 18.9 Å². The molecule has 4 atom stereocenters. The van der Waals surface area contributed by atoms with Crippen LogP contribution in [0.1, 0.15) is 33.6 Å². The maximum atomic E-state index is 12.7. The highest BCUT2D eigenvalue weighted by atomic mass is 32.2. The number of thioether (sulfide) groups is 2. The van der Waals surface area contributed by atoms with Crippen molar-refractivity contribution >= 4 is 54.3 Å². The first-order valence-corrected chi connectivity index (χ1v) is 15.9. The van der Waals surface area contributed by atoms with Crippen LogP contribution in [-0.4, -0.2) is 56.3 Å². The summed E-state index contributed by atoms with van der Waals surface area (Å²) in [6.07, 6.45) is 1.70. The van der Waals surface area contributed by atoms with Gasteiger partial charge in [0.05, 0.1) is 23.6 Å². The van der Waals surface area contributed by atoms with Crippen molar-refractivity contribution in [3.8, 4) is 0 Å². The molecular weight excluding hydrogens is 418 g/mol. The number of hydrogen-bond donors (Lipinski definition) is 1. The average Bonchev–Trinajstić information content (AvgIpc) is 3.08. The lowest BCUT2D eigenvalue weighted by atomic mass is 9.95. The molecule has 0 saturated carbocycles. The van der Waals surface area contributed by atoms with Gasteiger partial charge in [0.1, 0.15) is 0 Å². The van der Waals surface area contributed by atoms with Crippen molar-refractivity contribution in [2.75, 3.05) is 11.5 Å². The van der Waals surface area contributed by atoms with Gasteiger partial charge in [-0.3, -0.25) is 13.9 Å². The summed E-state index contributed by atoms with van der Waals surface area (Å²) in [5, 5.41) is 10.1. The van der Waals surface area contributed by atoms with Gasteiger partial charge in [0, 0.05) is 27.6 Å². The molecule has 3 aliphatic rings. The SMILES string of the molecule is CC(C)(C)[Si](C)(C)CC[C@H]1C(=O)N2C(C(=O)O)=C(S[C@H]3CC[S@@](=O)C3)S[C@H]12. The van der Waals surface area contributed by atoms with Crippen molar-refractivity contribution in [1.29, 1.82) is 0 Å². The van der Waals surface area contributed by atoms with Crippen LogP contribution < -0.4 is 0 Å². The van der Waals surface area contributed by atoms with Crippen molar-refractivity contribution in [1.82, 2.24) is 4.90 Å². The number of fused-ring (bicyclic) bond motifs is 1. The molecule has 0 aromatic rings. The Morgan fingerprint density at radius 3 is 2.59 bits per heavy atom. The first-order valence-electron chi connectivity index (χ1n) is 9.41. The zero-order valence-corrected chi connectivity index (χ0v) is 20.1. The molecule has 152 valence electrons. The summed E-state index contributed by atoms with van der Waals surface area (Å²) in [7, 11) is -2.25. The standard InChI is InChI=1S/C18H29NO4S3Si/c1-18(2,3)27(4,5)9-7-12-14(20)19-13(16(21)22)17(25-15(12)19)24-11-6-8-26(23)10-11/h11-12,15H,6-10H2,1-5H3,(H,21,22)/t11-,12-,15+,26+/m0/s1. The summed E-state index contributed by atoms with van der Waals surface area (Å²) in [5.41, 5.74) is 0.154. The first-order chi connectivity index (χ1) is 12.4. The lowest BCUT2D eigenvalue weighted by molar-refractivity contribution is -0.151. The maximum absolute atomic E-state index is 12.7. The summed E-state index contributed by atoms with van der Waals surface area (Å²) in [6, 6.07) is 1.07. The quantitative estimate of drug-likeness (QED) is 0.491. The number of β-lactam (4-membered cyclic amide) rings is 1. The third-order valence-corrected chi connectivity index (χ3v) is 16.6. The Morgan fingerprint density at radius 2 is 2.07 bits per heavy atom. The van der Waals surface area contributed by atoms with E-state index < -0.39 is 24.8 Å². The summed E-state index contributed by atoms with van der Waals surface area (Å²) in [5.74, 6) is 0.181. The molecule has 2 fully saturated rings. The minimum atomic E-state index is -1.47. The molecule has 0 radical (unpaired) electrons. The number of carboxylic acid groups (broad SMARTS) is 1. The predicted octanol–water partition coefficient (Wildman–Crippen LogP) is 3.92. The highest BCUT2D eigenvalue weighted by Crippen LogP contribution is 2.56. The van der Waals surface area contributed by atoms with Gasteiger partial charge >= 0.3 is 5.97 Å². The van der Waals surface area contributed by atoms with Gasteiger partial charge in [0.2, 0.25) is 5.91 Å². The van der Waals surface area contributed by atoms with E-state index in [1.54, 1.807) is 0 Å². The van der Waals surface area contributed by atoms with Gasteiger partial charge in [-0.25, -0.2) is 4.79 Å².